The Morgan fingerprint density at radius 3 is 1.07 bits per heavy atom. The molecule has 0 aromatic rings. The summed E-state index contributed by atoms with van der Waals surface area (Å²) in [4.78, 5) is 28.0. The predicted octanol–water partition coefficient (Wildman–Crippen LogP) is 5.53. The van der Waals surface area contributed by atoms with Crippen molar-refractivity contribution in [2.75, 3.05) is 13.2 Å². The molecule has 0 aromatic heterocycles. The van der Waals surface area contributed by atoms with Crippen LogP contribution in [0.4, 0.5) is 0 Å². The number of rotatable bonds is 12. The molecule has 10 atom stereocenters. The van der Waals surface area contributed by atoms with Gasteiger partial charge in [-0.25, -0.2) is 0 Å². The third-order valence-electron chi connectivity index (χ3n) is 11.9. The normalized spacial score (nSPS) is 41.5. The number of hydrogen-bond acceptors (Lipinski definition) is 16. The highest BCUT2D eigenvalue weighted by atomic mass is 16.8. The van der Waals surface area contributed by atoms with E-state index in [0.29, 0.717) is 38.9 Å². The van der Waals surface area contributed by atoms with Crippen LogP contribution in [0.25, 0.3) is 0 Å². The lowest BCUT2D eigenvalue weighted by Gasteiger charge is -2.40. The van der Waals surface area contributed by atoms with E-state index in [0.717, 1.165) is 0 Å². The second-order valence-electron chi connectivity index (χ2n) is 20.2. The van der Waals surface area contributed by atoms with Gasteiger partial charge in [-0.1, -0.05) is 0 Å². The molecule has 0 radical (unpaired) electrons. The van der Waals surface area contributed by atoms with Crippen molar-refractivity contribution in [3.8, 4) is 0 Å². The van der Waals surface area contributed by atoms with Gasteiger partial charge in [0, 0.05) is 13.8 Å². The van der Waals surface area contributed by atoms with E-state index in [1.54, 1.807) is 13.8 Å². The summed E-state index contributed by atoms with van der Waals surface area (Å²) in [6.07, 6.45) is -2.66. The average molecular weight is 829 g/mol. The first kappa shape index (κ1) is 44.5. The van der Waals surface area contributed by atoms with Crippen LogP contribution in [0.15, 0.2) is 0 Å². The Hall–Kier alpha value is -1.54. The number of hydrogen-bond donors (Lipinski definition) is 0. The van der Waals surface area contributed by atoms with E-state index in [1.165, 1.54) is 0 Å². The Morgan fingerprint density at radius 2 is 0.724 bits per heavy atom. The summed E-state index contributed by atoms with van der Waals surface area (Å²) >= 11 is 0. The highest BCUT2D eigenvalue weighted by molar-refractivity contribution is 6.01. The van der Waals surface area contributed by atoms with Crippen molar-refractivity contribution in [1.29, 1.82) is 0 Å². The van der Waals surface area contributed by atoms with E-state index in [1.807, 2.05) is 83.1 Å². The van der Waals surface area contributed by atoms with E-state index in [-0.39, 0.29) is 25.0 Å². The lowest BCUT2D eigenvalue weighted by atomic mass is 9.76. The maximum Gasteiger partial charge on any atom is 0.326 e. The average Bonchev–Trinajstić information content (AvgIpc) is 3.89. The molecule has 0 aliphatic carbocycles. The molecule has 0 N–H and O–H groups in total. The number of carbonyl (C=O) groups is 2. The first-order valence-electron chi connectivity index (χ1n) is 21.1. The molecule has 7 heterocycles. The molecule has 7 aliphatic rings. The third-order valence-corrected chi connectivity index (χ3v) is 11.9. The molecule has 0 unspecified atom stereocenters. The van der Waals surface area contributed by atoms with Crippen molar-refractivity contribution in [1.82, 2.24) is 0 Å². The van der Waals surface area contributed by atoms with E-state index in [9.17, 15) is 9.59 Å². The fourth-order valence-corrected chi connectivity index (χ4v) is 9.69. The van der Waals surface area contributed by atoms with Crippen molar-refractivity contribution in [3.63, 3.8) is 0 Å². The summed E-state index contributed by atoms with van der Waals surface area (Å²) in [7, 11) is 0. The van der Waals surface area contributed by atoms with Crippen molar-refractivity contribution < 1.29 is 75.9 Å². The number of ether oxygens (including phenoxy) is 14. The standard InChI is InChI=1S/C42H68O16/c1-35(2)45-21-25(49-35)29-31(55-39(9,10)53-29)27-23(47-37(5,6)51-27)17-15-19-42(33(43)57-41(13,14)58-34(42)44)20-16-18-24-28(52-38(7,8)48-24)32-30(54-40(11,12)56-32)26-22-46-36(3,4)50-26/h23-32H,15-22H2,1-14H3/t23-,24-,25+,26+,27-,28-,29+,30+,31+,32+/m0/s1. The fourth-order valence-electron chi connectivity index (χ4n) is 9.69. The zero-order valence-electron chi connectivity index (χ0n) is 37.0. The summed E-state index contributed by atoms with van der Waals surface area (Å²) in [5.41, 5.74) is -1.55. The van der Waals surface area contributed by atoms with Crippen LogP contribution < -0.4 is 0 Å². The Balaban J connectivity index is 1.05. The van der Waals surface area contributed by atoms with E-state index >= 15 is 0 Å². The lowest BCUT2D eigenvalue weighted by Crippen LogP contribution is -2.54. The topological polar surface area (TPSA) is 163 Å². The van der Waals surface area contributed by atoms with E-state index in [4.69, 9.17) is 66.3 Å². The van der Waals surface area contributed by atoms with Crippen molar-refractivity contribution in [2.24, 2.45) is 5.41 Å². The summed E-state index contributed by atoms with van der Waals surface area (Å²) in [5.74, 6) is -7.77. The van der Waals surface area contributed by atoms with Crippen LogP contribution >= 0.6 is 0 Å². The largest absolute Gasteiger partial charge is 0.422 e. The molecule has 7 aliphatic heterocycles. The Labute approximate surface area is 343 Å². The van der Waals surface area contributed by atoms with Gasteiger partial charge in [-0.05, 0) is 122 Å². The van der Waals surface area contributed by atoms with Crippen LogP contribution in [0.5, 0.6) is 0 Å². The molecule has 0 spiro atoms. The molecule has 0 saturated carbocycles. The second-order valence-corrected chi connectivity index (χ2v) is 20.2. The SMILES string of the molecule is CC1(C)OC(=O)C(CCC[C@@H]2OC(C)(C)O[C@@H]2[C@H]2OC(C)(C)O[C@@H]2[C@H]2COC(C)(C)O2)(CCC[C@@H]2OC(C)(C)O[C@@H]2[C@H]2OC(C)(C)O[C@@H]2[C@H]2COC(C)(C)O2)C(=O)O1. The maximum atomic E-state index is 14.0. The Morgan fingerprint density at radius 1 is 0.397 bits per heavy atom. The van der Waals surface area contributed by atoms with Gasteiger partial charge < -0.3 is 66.3 Å². The molecule has 16 heteroatoms. The molecular formula is C42H68O16. The maximum absolute atomic E-state index is 14.0. The predicted molar refractivity (Wildman–Crippen MR) is 202 cm³/mol. The van der Waals surface area contributed by atoms with E-state index < -0.39 is 107 Å². The summed E-state index contributed by atoms with van der Waals surface area (Å²) in [5, 5.41) is 0. The fraction of sp³-hybridized carbons (Fsp3) is 0.952. The first-order chi connectivity index (χ1) is 26.6. The molecule has 7 rings (SSSR count). The second kappa shape index (κ2) is 15.1. The zero-order chi connectivity index (χ0) is 42.5. The number of carbonyl (C=O) groups excluding carboxylic acids is 2. The molecule has 58 heavy (non-hydrogen) atoms. The highest BCUT2D eigenvalue weighted by Gasteiger charge is 2.61. The summed E-state index contributed by atoms with van der Waals surface area (Å²) in [6.45, 7) is 26.2. The zero-order valence-corrected chi connectivity index (χ0v) is 37.0. The Kier molecular flexibility index (Phi) is 11.6. The van der Waals surface area contributed by atoms with Crippen LogP contribution in [0, 0.1) is 5.41 Å². The van der Waals surface area contributed by atoms with Gasteiger partial charge in [0.1, 0.15) is 48.8 Å². The molecule has 16 nitrogen and oxygen atoms in total. The molecule has 7 fully saturated rings. The van der Waals surface area contributed by atoms with E-state index in [2.05, 4.69) is 0 Å². The van der Waals surface area contributed by atoms with Gasteiger partial charge in [0.15, 0.2) is 40.1 Å². The quantitative estimate of drug-likeness (QED) is 0.178. The van der Waals surface area contributed by atoms with Gasteiger partial charge in [0.05, 0.1) is 25.4 Å². The molecule has 0 amide bonds. The van der Waals surface area contributed by atoms with Crippen molar-refractivity contribution >= 4 is 11.9 Å². The number of esters is 2. The van der Waals surface area contributed by atoms with Gasteiger partial charge in [-0.2, -0.15) is 0 Å². The number of cyclic esters (lactones) is 2. The molecular weight excluding hydrogens is 760 g/mol. The van der Waals surface area contributed by atoms with Crippen molar-refractivity contribution in [2.45, 2.75) is 237 Å². The minimum Gasteiger partial charge on any atom is -0.422 e. The first-order valence-corrected chi connectivity index (χ1v) is 21.1. The van der Waals surface area contributed by atoms with Gasteiger partial charge >= 0.3 is 11.9 Å². The lowest BCUT2D eigenvalue weighted by molar-refractivity contribution is -0.252. The molecule has 7 saturated heterocycles. The smallest absolute Gasteiger partial charge is 0.326 e. The molecule has 0 bridgehead atoms. The van der Waals surface area contributed by atoms with Crippen LogP contribution in [0.3, 0.4) is 0 Å². The monoisotopic (exact) mass is 828 g/mol. The van der Waals surface area contributed by atoms with Crippen LogP contribution in [0.1, 0.15) is 135 Å². The minimum atomic E-state index is -1.55. The van der Waals surface area contributed by atoms with Gasteiger partial charge in [0.25, 0.3) is 5.79 Å². The van der Waals surface area contributed by atoms with Crippen molar-refractivity contribution in [3.05, 3.63) is 0 Å². The Bertz CT molecular complexity index is 1430. The summed E-state index contributed by atoms with van der Waals surface area (Å²) in [6, 6.07) is 0. The van der Waals surface area contributed by atoms with Gasteiger partial charge in [-0.15, -0.1) is 0 Å². The highest BCUT2D eigenvalue weighted by Crippen LogP contribution is 2.47. The van der Waals surface area contributed by atoms with Crippen LogP contribution in [0.2, 0.25) is 0 Å². The summed E-state index contributed by atoms with van der Waals surface area (Å²) < 4.78 is 87.4. The van der Waals surface area contributed by atoms with Crippen LogP contribution in [-0.4, -0.2) is 127 Å². The van der Waals surface area contributed by atoms with Gasteiger partial charge in [-0.3, -0.25) is 9.59 Å². The molecule has 332 valence electrons. The minimum absolute atomic E-state index is 0.167. The third kappa shape index (κ3) is 9.43. The van der Waals surface area contributed by atoms with Gasteiger partial charge in [0.2, 0.25) is 0 Å². The molecule has 0 aromatic carbocycles. The van der Waals surface area contributed by atoms with Crippen LogP contribution in [-0.2, 0) is 75.9 Å².